The lowest BCUT2D eigenvalue weighted by atomic mass is 10.1. The Hall–Kier alpha value is -3.41. The van der Waals surface area contributed by atoms with E-state index in [-0.39, 0.29) is 5.91 Å². The third-order valence-electron chi connectivity index (χ3n) is 3.55. The molecule has 0 saturated carbocycles. The second kappa shape index (κ2) is 7.44. The minimum Gasteiger partial charge on any atom is -0.399 e. The molecule has 126 valence electrons. The first-order chi connectivity index (χ1) is 12.2. The molecule has 6 heteroatoms. The van der Waals surface area contributed by atoms with Crippen molar-refractivity contribution in [1.29, 1.82) is 0 Å². The van der Waals surface area contributed by atoms with Gasteiger partial charge in [-0.2, -0.15) is 4.98 Å². The van der Waals surface area contributed by atoms with Crippen molar-refractivity contribution in [2.24, 2.45) is 0 Å². The predicted octanol–water partition coefficient (Wildman–Crippen LogP) is 3.41. The minimum absolute atomic E-state index is 0.250. The number of rotatable bonds is 5. The summed E-state index contributed by atoms with van der Waals surface area (Å²) >= 11 is 0. The third kappa shape index (κ3) is 4.11. The molecule has 0 saturated heterocycles. The Kier molecular flexibility index (Phi) is 4.89. The number of aromatic nitrogens is 2. The Bertz CT molecular complexity index is 863. The molecule has 25 heavy (non-hydrogen) atoms. The van der Waals surface area contributed by atoms with Gasteiger partial charge in [-0.05, 0) is 31.2 Å². The molecule has 0 aliphatic heterocycles. The van der Waals surface area contributed by atoms with E-state index in [2.05, 4.69) is 20.6 Å². The van der Waals surface area contributed by atoms with Gasteiger partial charge in [0.05, 0.1) is 5.69 Å². The minimum atomic E-state index is -0.250. The molecule has 4 N–H and O–H groups in total. The molecule has 6 nitrogen and oxygen atoms in total. The number of nitrogens with two attached hydrogens (primary N) is 1. The summed E-state index contributed by atoms with van der Waals surface area (Å²) in [5.41, 5.74) is 8.47. The quantitative estimate of drug-likeness (QED) is 0.622. The number of nitrogen functional groups attached to an aromatic ring is 1. The van der Waals surface area contributed by atoms with Gasteiger partial charge in [-0.3, -0.25) is 4.79 Å². The van der Waals surface area contributed by atoms with E-state index < -0.39 is 0 Å². The van der Waals surface area contributed by atoms with E-state index in [1.807, 2.05) is 37.3 Å². The van der Waals surface area contributed by atoms with Crippen molar-refractivity contribution in [3.05, 3.63) is 66.2 Å². The number of hydrogen-bond acceptors (Lipinski definition) is 5. The van der Waals surface area contributed by atoms with Gasteiger partial charge in [0.2, 0.25) is 5.95 Å². The number of carbonyl (C=O) groups is 1. The zero-order valence-electron chi connectivity index (χ0n) is 13.9. The van der Waals surface area contributed by atoms with Crippen LogP contribution in [0.3, 0.4) is 0 Å². The van der Waals surface area contributed by atoms with Crippen LogP contribution in [0.1, 0.15) is 17.3 Å². The van der Waals surface area contributed by atoms with E-state index >= 15 is 0 Å². The monoisotopic (exact) mass is 333 g/mol. The van der Waals surface area contributed by atoms with E-state index in [1.54, 1.807) is 30.3 Å². The normalized spacial score (nSPS) is 10.3. The molecular formula is C19H19N5O. The number of anilines is 3. The highest BCUT2D eigenvalue weighted by molar-refractivity contribution is 6.04. The number of nitrogens with one attached hydrogen (secondary N) is 2. The SMILES string of the molecule is CCNc1nc(NC(=O)c2ccc(N)cc2)cc(-c2ccccc2)n1. The molecule has 1 amide bonds. The summed E-state index contributed by atoms with van der Waals surface area (Å²) in [6.45, 7) is 2.65. The van der Waals surface area contributed by atoms with Gasteiger partial charge in [-0.25, -0.2) is 4.98 Å². The highest BCUT2D eigenvalue weighted by Gasteiger charge is 2.10. The molecule has 1 aromatic heterocycles. The molecule has 0 spiro atoms. The molecule has 3 rings (SSSR count). The fourth-order valence-electron chi connectivity index (χ4n) is 2.33. The van der Waals surface area contributed by atoms with Crippen LogP contribution in [0.25, 0.3) is 11.3 Å². The van der Waals surface area contributed by atoms with Gasteiger partial charge in [0, 0.05) is 29.4 Å². The Morgan fingerprint density at radius 3 is 2.44 bits per heavy atom. The average molecular weight is 333 g/mol. The maximum Gasteiger partial charge on any atom is 0.256 e. The van der Waals surface area contributed by atoms with Crippen LogP contribution in [0.5, 0.6) is 0 Å². The molecule has 3 aromatic rings. The maximum absolute atomic E-state index is 12.4. The zero-order chi connectivity index (χ0) is 17.6. The van der Waals surface area contributed by atoms with E-state index in [0.29, 0.717) is 29.6 Å². The van der Waals surface area contributed by atoms with Crippen molar-refractivity contribution in [2.45, 2.75) is 6.92 Å². The molecule has 0 aliphatic rings. The van der Waals surface area contributed by atoms with E-state index in [9.17, 15) is 4.79 Å². The Morgan fingerprint density at radius 1 is 1.04 bits per heavy atom. The third-order valence-corrected chi connectivity index (χ3v) is 3.55. The van der Waals surface area contributed by atoms with Crippen LogP contribution in [0.15, 0.2) is 60.7 Å². The standard InChI is InChI=1S/C19H19N5O/c1-2-21-19-22-16(13-6-4-3-5-7-13)12-17(24-19)23-18(25)14-8-10-15(20)11-9-14/h3-12H,2,20H2,1H3,(H2,21,22,23,24,25). The first-order valence-electron chi connectivity index (χ1n) is 8.01. The van der Waals surface area contributed by atoms with Gasteiger partial charge in [0.15, 0.2) is 0 Å². The summed E-state index contributed by atoms with van der Waals surface area (Å²) < 4.78 is 0. The van der Waals surface area contributed by atoms with Crippen LogP contribution >= 0.6 is 0 Å². The lowest BCUT2D eigenvalue weighted by Crippen LogP contribution is -2.14. The fraction of sp³-hybridized carbons (Fsp3) is 0.105. The Morgan fingerprint density at radius 2 is 1.76 bits per heavy atom. The number of nitrogens with zero attached hydrogens (tertiary/aromatic N) is 2. The van der Waals surface area contributed by atoms with Crippen LogP contribution < -0.4 is 16.4 Å². The first-order valence-corrected chi connectivity index (χ1v) is 8.01. The van der Waals surface area contributed by atoms with Crippen LogP contribution in [0.4, 0.5) is 17.5 Å². The molecule has 0 bridgehead atoms. The van der Waals surface area contributed by atoms with E-state index in [4.69, 9.17) is 5.73 Å². The number of benzene rings is 2. The zero-order valence-corrected chi connectivity index (χ0v) is 13.9. The van der Waals surface area contributed by atoms with Gasteiger partial charge in [0.1, 0.15) is 5.82 Å². The van der Waals surface area contributed by atoms with Crippen molar-refractivity contribution in [2.75, 3.05) is 22.9 Å². The van der Waals surface area contributed by atoms with Crippen LogP contribution in [-0.4, -0.2) is 22.4 Å². The van der Waals surface area contributed by atoms with Crippen molar-refractivity contribution in [3.63, 3.8) is 0 Å². The van der Waals surface area contributed by atoms with Gasteiger partial charge < -0.3 is 16.4 Å². The Balaban J connectivity index is 1.90. The molecule has 0 unspecified atom stereocenters. The fourth-order valence-corrected chi connectivity index (χ4v) is 2.33. The smallest absolute Gasteiger partial charge is 0.256 e. The molecule has 0 aliphatic carbocycles. The maximum atomic E-state index is 12.4. The van der Waals surface area contributed by atoms with E-state index in [1.165, 1.54) is 0 Å². The van der Waals surface area contributed by atoms with Gasteiger partial charge in [0.25, 0.3) is 5.91 Å². The summed E-state index contributed by atoms with van der Waals surface area (Å²) in [7, 11) is 0. The summed E-state index contributed by atoms with van der Waals surface area (Å²) in [5, 5.41) is 5.90. The summed E-state index contributed by atoms with van der Waals surface area (Å²) in [6, 6.07) is 18.2. The lowest BCUT2D eigenvalue weighted by Gasteiger charge is -2.10. The van der Waals surface area contributed by atoms with Crippen molar-refractivity contribution < 1.29 is 4.79 Å². The van der Waals surface area contributed by atoms with Crippen LogP contribution in [0.2, 0.25) is 0 Å². The number of carbonyl (C=O) groups excluding carboxylic acids is 1. The highest BCUT2D eigenvalue weighted by atomic mass is 16.1. The van der Waals surface area contributed by atoms with Crippen LogP contribution in [-0.2, 0) is 0 Å². The second-order valence-corrected chi connectivity index (χ2v) is 5.43. The first kappa shape index (κ1) is 16.4. The molecule has 0 atom stereocenters. The highest BCUT2D eigenvalue weighted by Crippen LogP contribution is 2.21. The van der Waals surface area contributed by atoms with Crippen LogP contribution in [0, 0.1) is 0 Å². The molecular weight excluding hydrogens is 314 g/mol. The summed E-state index contributed by atoms with van der Waals surface area (Å²) in [4.78, 5) is 21.3. The Labute approximate surface area is 146 Å². The summed E-state index contributed by atoms with van der Waals surface area (Å²) in [6.07, 6.45) is 0. The number of amides is 1. The largest absolute Gasteiger partial charge is 0.399 e. The topological polar surface area (TPSA) is 92.9 Å². The van der Waals surface area contributed by atoms with E-state index in [0.717, 1.165) is 11.3 Å². The van der Waals surface area contributed by atoms with Crippen molar-refractivity contribution >= 4 is 23.4 Å². The van der Waals surface area contributed by atoms with Crippen molar-refractivity contribution in [3.8, 4) is 11.3 Å². The summed E-state index contributed by atoms with van der Waals surface area (Å²) in [5.74, 6) is 0.656. The molecule has 1 heterocycles. The molecule has 0 radical (unpaired) electrons. The lowest BCUT2D eigenvalue weighted by molar-refractivity contribution is 0.102. The van der Waals surface area contributed by atoms with Gasteiger partial charge >= 0.3 is 0 Å². The van der Waals surface area contributed by atoms with Crippen molar-refractivity contribution in [1.82, 2.24) is 9.97 Å². The molecule has 0 fully saturated rings. The average Bonchev–Trinajstić information content (AvgIpc) is 2.63. The van der Waals surface area contributed by atoms with Gasteiger partial charge in [-0.1, -0.05) is 30.3 Å². The molecule has 2 aromatic carbocycles. The van der Waals surface area contributed by atoms with Gasteiger partial charge in [-0.15, -0.1) is 0 Å². The number of hydrogen-bond donors (Lipinski definition) is 3. The second-order valence-electron chi connectivity index (χ2n) is 5.43. The predicted molar refractivity (Wildman–Crippen MR) is 100 cm³/mol.